The number of hydrogen-bond acceptors (Lipinski definition) is 5. The van der Waals surface area contributed by atoms with Crippen LogP contribution < -0.4 is 0 Å². The van der Waals surface area contributed by atoms with Crippen LogP contribution in [-0.2, 0) is 17.7 Å². The molecule has 0 bridgehead atoms. The lowest BCUT2D eigenvalue weighted by Crippen LogP contribution is -2.49. The lowest BCUT2D eigenvalue weighted by Gasteiger charge is -2.40. The number of ether oxygens (including phenoxy) is 1. The summed E-state index contributed by atoms with van der Waals surface area (Å²) in [5.74, 6) is 1.10. The van der Waals surface area contributed by atoms with E-state index >= 15 is 0 Å². The van der Waals surface area contributed by atoms with Crippen molar-refractivity contribution in [1.82, 2.24) is 24.3 Å². The molecule has 0 amide bonds. The second-order valence-electron chi connectivity index (χ2n) is 10.4. The van der Waals surface area contributed by atoms with E-state index in [2.05, 4.69) is 77.6 Å². The van der Waals surface area contributed by atoms with Gasteiger partial charge < -0.3 is 14.2 Å². The molecule has 2 aliphatic rings. The molecule has 2 saturated heterocycles. The molecule has 0 aliphatic carbocycles. The number of morpholine rings is 1. The van der Waals surface area contributed by atoms with Crippen LogP contribution in [0.1, 0.15) is 54.4 Å². The number of likely N-dealkylation sites (tertiary alicyclic amines) is 1. The minimum atomic E-state index is 0.761. The van der Waals surface area contributed by atoms with Crippen LogP contribution in [0, 0.1) is 13.8 Å². The zero-order chi connectivity index (χ0) is 24.9. The van der Waals surface area contributed by atoms with Crippen molar-refractivity contribution >= 4 is 17.2 Å². The van der Waals surface area contributed by atoms with Gasteiger partial charge in [-0.15, -0.1) is 0 Å². The Morgan fingerprint density at radius 2 is 1.75 bits per heavy atom. The molecule has 0 saturated carbocycles. The van der Waals surface area contributed by atoms with E-state index in [1.54, 1.807) is 0 Å². The highest BCUT2D eigenvalue weighted by atomic mass is 16.5. The highest BCUT2D eigenvalue weighted by Gasteiger charge is 2.25. The van der Waals surface area contributed by atoms with Crippen molar-refractivity contribution in [2.45, 2.75) is 59.0 Å². The van der Waals surface area contributed by atoms with Gasteiger partial charge in [0.1, 0.15) is 11.3 Å². The Morgan fingerprint density at radius 1 is 1.00 bits per heavy atom. The highest BCUT2D eigenvalue weighted by Crippen LogP contribution is 2.22. The van der Waals surface area contributed by atoms with E-state index in [9.17, 15) is 0 Å². The van der Waals surface area contributed by atoms with Crippen molar-refractivity contribution in [3.05, 3.63) is 64.6 Å². The van der Waals surface area contributed by atoms with Gasteiger partial charge in [0.25, 0.3) is 0 Å². The smallest absolute Gasteiger partial charge is 0.160 e. The molecule has 5 rings (SSSR count). The van der Waals surface area contributed by atoms with E-state index in [0.29, 0.717) is 0 Å². The molecule has 0 radical (unpaired) electrons. The van der Waals surface area contributed by atoms with Crippen LogP contribution in [0.15, 0.2) is 36.4 Å². The highest BCUT2D eigenvalue weighted by molar-refractivity contribution is 5.76. The third-order valence-corrected chi connectivity index (χ3v) is 7.78. The molecule has 192 valence electrons. The van der Waals surface area contributed by atoms with Gasteiger partial charge >= 0.3 is 0 Å². The van der Waals surface area contributed by atoms with Crippen LogP contribution in [0.3, 0.4) is 0 Å². The summed E-state index contributed by atoms with van der Waals surface area (Å²) in [4.78, 5) is 15.0. The van der Waals surface area contributed by atoms with Gasteiger partial charge in [0.2, 0.25) is 0 Å². The molecule has 2 fully saturated rings. The second-order valence-corrected chi connectivity index (χ2v) is 10.4. The van der Waals surface area contributed by atoms with E-state index in [1.807, 2.05) is 0 Å². The molecule has 2 aliphatic heterocycles. The number of benzene rings is 1. The number of piperidine rings is 1. The normalized spacial score (nSPS) is 18.5. The van der Waals surface area contributed by atoms with Gasteiger partial charge in [-0.3, -0.25) is 4.90 Å². The largest absolute Gasteiger partial charge is 0.379 e. The number of fused-ring (bicyclic) bond motifs is 1. The molecule has 0 spiro atoms. The van der Waals surface area contributed by atoms with Gasteiger partial charge in [0, 0.05) is 37.8 Å². The molecule has 2 aromatic heterocycles. The van der Waals surface area contributed by atoms with Crippen LogP contribution in [0.4, 0.5) is 0 Å². The van der Waals surface area contributed by atoms with Crippen molar-refractivity contribution in [3.63, 3.8) is 0 Å². The molecule has 6 nitrogen and oxygen atoms in total. The van der Waals surface area contributed by atoms with Crippen LogP contribution in [0.25, 0.3) is 17.2 Å². The fourth-order valence-corrected chi connectivity index (χ4v) is 5.73. The monoisotopic (exact) mass is 487 g/mol. The Hall–Kier alpha value is -2.54. The van der Waals surface area contributed by atoms with E-state index in [4.69, 9.17) is 14.7 Å². The summed E-state index contributed by atoms with van der Waals surface area (Å²) in [6.45, 7) is 14.8. The first-order valence-electron chi connectivity index (χ1n) is 13.7. The Kier molecular flexibility index (Phi) is 8.15. The third kappa shape index (κ3) is 5.88. The maximum Gasteiger partial charge on any atom is 0.160 e. The average Bonchev–Trinajstić information content (AvgIpc) is 3.26. The number of rotatable bonds is 8. The Bertz CT molecular complexity index is 1170. The van der Waals surface area contributed by atoms with Gasteiger partial charge in [0.05, 0.1) is 19.8 Å². The second kappa shape index (κ2) is 11.7. The number of aryl methyl sites for hydroxylation is 3. The fraction of sp³-hybridized carbons (Fsp3) is 0.533. The van der Waals surface area contributed by atoms with E-state index in [1.165, 1.54) is 42.6 Å². The van der Waals surface area contributed by atoms with Gasteiger partial charge in [-0.2, -0.15) is 0 Å². The van der Waals surface area contributed by atoms with Crippen LogP contribution >= 0.6 is 0 Å². The topological polar surface area (TPSA) is 46.4 Å². The molecule has 1 aromatic carbocycles. The minimum Gasteiger partial charge on any atom is -0.379 e. The zero-order valence-corrected chi connectivity index (χ0v) is 22.2. The number of nitrogens with zero attached hydrogens (tertiary/aromatic N) is 5. The Morgan fingerprint density at radius 3 is 2.47 bits per heavy atom. The first-order valence-corrected chi connectivity index (χ1v) is 13.7. The summed E-state index contributed by atoms with van der Waals surface area (Å²) in [6.07, 6.45) is 9.20. The summed E-state index contributed by atoms with van der Waals surface area (Å²) in [5.41, 5.74) is 6.83. The van der Waals surface area contributed by atoms with E-state index in [-0.39, 0.29) is 0 Å². The molecule has 0 N–H and O–H groups in total. The predicted molar refractivity (Wildman–Crippen MR) is 147 cm³/mol. The zero-order valence-electron chi connectivity index (χ0n) is 22.2. The fourth-order valence-electron chi connectivity index (χ4n) is 5.73. The molecule has 6 heteroatoms. The predicted octanol–water partition coefficient (Wildman–Crippen LogP) is 4.86. The molecule has 3 aromatic rings. The molecular formula is C30H41N5O. The molecule has 0 atom stereocenters. The van der Waals surface area contributed by atoms with Crippen molar-refractivity contribution in [1.29, 1.82) is 0 Å². The summed E-state index contributed by atoms with van der Waals surface area (Å²) in [7, 11) is 0. The van der Waals surface area contributed by atoms with Crippen LogP contribution in [-0.4, -0.2) is 76.3 Å². The number of pyridine rings is 1. The summed E-state index contributed by atoms with van der Waals surface area (Å²) >= 11 is 0. The standard InChI is InChI=1S/C30H41N5O/c1-4-28-32-29-23(2)21-24(3)31-30(29)35(28)22-26-10-8-25(9-11-26)7-5-6-14-33-15-12-27(13-16-33)34-17-19-36-20-18-34/h5,7-11,21,27H,4,6,12-20,22H2,1-3H3. The third-order valence-electron chi connectivity index (χ3n) is 7.78. The van der Waals surface area contributed by atoms with Gasteiger partial charge in [-0.1, -0.05) is 43.3 Å². The van der Waals surface area contributed by atoms with Crippen molar-refractivity contribution in [2.24, 2.45) is 0 Å². The van der Waals surface area contributed by atoms with Crippen molar-refractivity contribution in [2.75, 3.05) is 45.9 Å². The number of imidazole rings is 1. The first-order chi connectivity index (χ1) is 17.6. The molecule has 4 heterocycles. The lowest BCUT2D eigenvalue weighted by molar-refractivity contribution is 0.00106. The maximum absolute atomic E-state index is 5.51. The SMILES string of the molecule is CCc1nc2c(C)cc(C)nc2n1Cc1ccc(C=CCCN2CCC(N3CCOCC3)CC2)cc1. The average molecular weight is 488 g/mol. The summed E-state index contributed by atoms with van der Waals surface area (Å²) in [5, 5.41) is 0. The molecule has 0 unspecified atom stereocenters. The van der Waals surface area contributed by atoms with Crippen molar-refractivity contribution in [3.8, 4) is 0 Å². The quantitative estimate of drug-likeness (QED) is 0.454. The number of hydrogen-bond donors (Lipinski definition) is 0. The lowest BCUT2D eigenvalue weighted by atomic mass is 10.0. The first kappa shape index (κ1) is 25.1. The van der Waals surface area contributed by atoms with Crippen molar-refractivity contribution < 1.29 is 4.74 Å². The Balaban J connectivity index is 1.12. The molecule has 36 heavy (non-hydrogen) atoms. The van der Waals surface area contributed by atoms with Gasteiger partial charge in [-0.05, 0) is 69.0 Å². The van der Waals surface area contributed by atoms with Gasteiger partial charge in [0.15, 0.2) is 5.65 Å². The molecular weight excluding hydrogens is 446 g/mol. The maximum atomic E-state index is 5.51. The summed E-state index contributed by atoms with van der Waals surface area (Å²) < 4.78 is 7.79. The minimum absolute atomic E-state index is 0.761. The van der Waals surface area contributed by atoms with E-state index in [0.717, 1.165) is 81.0 Å². The van der Waals surface area contributed by atoms with Crippen LogP contribution in [0.2, 0.25) is 0 Å². The van der Waals surface area contributed by atoms with E-state index < -0.39 is 0 Å². The summed E-state index contributed by atoms with van der Waals surface area (Å²) in [6, 6.07) is 11.8. The Labute approximate surface area is 216 Å². The van der Waals surface area contributed by atoms with Gasteiger partial charge in [-0.25, -0.2) is 9.97 Å². The number of aromatic nitrogens is 3. The van der Waals surface area contributed by atoms with Crippen LogP contribution in [0.5, 0.6) is 0 Å².